The summed E-state index contributed by atoms with van der Waals surface area (Å²) in [5, 5.41) is 11.6. The summed E-state index contributed by atoms with van der Waals surface area (Å²) in [6.45, 7) is 10.2. The number of benzene rings is 1. The fourth-order valence-corrected chi connectivity index (χ4v) is 3.44. The predicted molar refractivity (Wildman–Crippen MR) is 102 cm³/mol. The van der Waals surface area contributed by atoms with Gasteiger partial charge in [-0.2, -0.15) is 0 Å². The minimum atomic E-state index is -2.20. The third-order valence-electron chi connectivity index (χ3n) is 4.58. The second-order valence-corrected chi connectivity index (χ2v) is 12.7. The number of halogens is 1. The minimum absolute atomic E-state index is 0.0473. The normalized spacial score (nSPS) is 13.7. The molecule has 0 saturated carbocycles. The smallest absolute Gasteiger partial charge is 0.335 e. The minimum Gasteiger partial charge on any atom is -0.490 e. The Kier molecular flexibility index (Phi) is 5.76. The SMILES string of the molecule is CC(C)(C)[Si](C)(C)OC(COc1ccc2cc(Cl)ncc2c1)C(=O)O. The summed E-state index contributed by atoms with van der Waals surface area (Å²) in [4.78, 5) is 15.6. The second-order valence-electron chi connectivity index (χ2n) is 7.53. The van der Waals surface area contributed by atoms with Crippen LogP contribution in [0.25, 0.3) is 10.8 Å². The lowest BCUT2D eigenvalue weighted by Gasteiger charge is -2.38. The van der Waals surface area contributed by atoms with Crippen LogP contribution in [0.2, 0.25) is 23.3 Å². The van der Waals surface area contributed by atoms with Crippen molar-refractivity contribution in [2.75, 3.05) is 6.61 Å². The van der Waals surface area contributed by atoms with Crippen LogP contribution in [0.3, 0.4) is 0 Å². The summed E-state index contributed by atoms with van der Waals surface area (Å²) in [7, 11) is -2.20. The average molecular weight is 382 g/mol. The van der Waals surface area contributed by atoms with Crippen LogP contribution in [0, 0.1) is 0 Å². The van der Waals surface area contributed by atoms with Crippen LogP contribution in [0.4, 0.5) is 0 Å². The van der Waals surface area contributed by atoms with E-state index in [1.807, 2.05) is 25.2 Å². The molecule has 0 saturated heterocycles. The highest BCUT2D eigenvalue weighted by atomic mass is 35.5. The number of aromatic nitrogens is 1. The van der Waals surface area contributed by atoms with E-state index in [9.17, 15) is 9.90 Å². The largest absolute Gasteiger partial charge is 0.490 e. The molecule has 5 nitrogen and oxygen atoms in total. The van der Waals surface area contributed by atoms with Crippen LogP contribution in [0.15, 0.2) is 30.5 Å². The molecule has 0 aliphatic heterocycles. The number of aliphatic carboxylic acids is 1. The molecule has 1 N–H and O–H groups in total. The van der Waals surface area contributed by atoms with Crippen LogP contribution in [-0.2, 0) is 9.22 Å². The zero-order valence-electron chi connectivity index (χ0n) is 15.2. The number of rotatable bonds is 6. The number of fused-ring (bicyclic) bond motifs is 1. The topological polar surface area (TPSA) is 68.7 Å². The first-order valence-corrected chi connectivity index (χ1v) is 11.4. The first kappa shape index (κ1) is 19.7. The first-order valence-electron chi connectivity index (χ1n) is 8.08. The van der Waals surface area contributed by atoms with Gasteiger partial charge in [-0.05, 0) is 41.7 Å². The molecule has 136 valence electrons. The van der Waals surface area contributed by atoms with Gasteiger partial charge in [0.15, 0.2) is 14.4 Å². The Morgan fingerprint density at radius 3 is 2.56 bits per heavy atom. The number of pyridine rings is 1. The molecule has 1 atom stereocenters. The number of hydrogen-bond acceptors (Lipinski definition) is 4. The molecule has 1 heterocycles. The van der Waals surface area contributed by atoms with Gasteiger partial charge < -0.3 is 14.3 Å². The molecule has 1 aromatic heterocycles. The van der Waals surface area contributed by atoms with Crippen LogP contribution in [-0.4, -0.2) is 37.1 Å². The Hall–Kier alpha value is -1.63. The van der Waals surface area contributed by atoms with Gasteiger partial charge in [0.25, 0.3) is 0 Å². The molecule has 2 aromatic rings. The van der Waals surface area contributed by atoms with Crippen molar-refractivity contribution in [3.8, 4) is 5.75 Å². The maximum Gasteiger partial charge on any atom is 0.335 e. The molecule has 0 spiro atoms. The van der Waals surface area contributed by atoms with E-state index in [1.54, 1.807) is 18.3 Å². The lowest BCUT2D eigenvalue weighted by atomic mass is 10.2. The molecule has 0 radical (unpaired) electrons. The van der Waals surface area contributed by atoms with E-state index < -0.39 is 20.4 Å². The standard InChI is InChI=1S/C18H24ClNO4Si/c1-18(2,3)25(4,5)24-15(17(21)22)11-23-14-7-6-12-9-16(19)20-10-13(12)8-14/h6-10,15H,11H2,1-5H3,(H,21,22). The van der Waals surface area contributed by atoms with Crippen LogP contribution in [0.1, 0.15) is 20.8 Å². The lowest BCUT2D eigenvalue weighted by molar-refractivity contribution is -0.147. The molecule has 0 aliphatic carbocycles. The molecule has 1 unspecified atom stereocenters. The summed E-state index contributed by atoms with van der Waals surface area (Å²) in [6, 6.07) is 7.22. The molecule has 0 aliphatic rings. The first-order chi connectivity index (χ1) is 11.5. The van der Waals surface area contributed by atoms with Crippen molar-refractivity contribution in [1.82, 2.24) is 4.98 Å². The Morgan fingerprint density at radius 1 is 1.28 bits per heavy atom. The van der Waals surface area contributed by atoms with E-state index in [4.69, 9.17) is 20.8 Å². The van der Waals surface area contributed by atoms with Crippen LogP contribution >= 0.6 is 11.6 Å². The summed E-state index contributed by atoms with van der Waals surface area (Å²) in [5.74, 6) is -0.444. The van der Waals surface area contributed by atoms with E-state index >= 15 is 0 Å². The third kappa shape index (κ3) is 4.93. The van der Waals surface area contributed by atoms with Gasteiger partial charge >= 0.3 is 5.97 Å². The van der Waals surface area contributed by atoms with E-state index in [2.05, 4.69) is 25.8 Å². The van der Waals surface area contributed by atoms with Crippen molar-refractivity contribution in [1.29, 1.82) is 0 Å². The fraction of sp³-hybridized carbons (Fsp3) is 0.444. The fourth-order valence-electron chi connectivity index (χ4n) is 2.04. The van der Waals surface area contributed by atoms with Gasteiger partial charge in [-0.15, -0.1) is 0 Å². The van der Waals surface area contributed by atoms with Gasteiger partial charge in [-0.3, -0.25) is 0 Å². The summed E-state index contributed by atoms with van der Waals surface area (Å²) in [6.07, 6.45) is 0.658. The molecule has 0 bridgehead atoms. The number of nitrogens with zero attached hydrogens (tertiary/aromatic N) is 1. The predicted octanol–water partition coefficient (Wildman–Crippen LogP) is 4.74. The number of ether oxygens (including phenoxy) is 1. The number of hydrogen-bond donors (Lipinski definition) is 1. The monoisotopic (exact) mass is 381 g/mol. The van der Waals surface area contributed by atoms with Crippen molar-refractivity contribution < 1.29 is 19.1 Å². The van der Waals surface area contributed by atoms with Crippen molar-refractivity contribution in [3.63, 3.8) is 0 Å². The molecule has 2 rings (SSSR count). The van der Waals surface area contributed by atoms with Crippen molar-refractivity contribution >= 4 is 36.7 Å². The molecule has 0 amide bonds. The molecule has 0 fully saturated rings. The Balaban J connectivity index is 2.11. The van der Waals surface area contributed by atoms with Gasteiger partial charge in [0, 0.05) is 11.6 Å². The highest BCUT2D eigenvalue weighted by Crippen LogP contribution is 2.37. The van der Waals surface area contributed by atoms with E-state index in [0.29, 0.717) is 10.9 Å². The molecule has 25 heavy (non-hydrogen) atoms. The Bertz CT molecular complexity index is 773. The van der Waals surface area contributed by atoms with E-state index in [-0.39, 0.29) is 11.6 Å². The third-order valence-corrected chi connectivity index (χ3v) is 9.27. The van der Waals surface area contributed by atoms with Gasteiger partial charge in [0.05, 0.1) is 0 Å². The number of carboxylic acids is 1. The summed E-state index contributed by atoms with van der Waals surface area (Å²) < 4.78 is 11.7. The van der Waals surface area contributed by atoms with Gasteiger partial charge in [0.2, 0.25) is 0 Å². The van der Waals surface area contributed by atoms with Crippen molar-refractivity contribution in [2.24, 2.45) is 0 Å². The maximum absolute atomic E-state index is 11.6. The average Bonchev–Trinajstić information content (AvgIpc) is 2.49. The van der Waals surface area contributed by atoms with Crippen LogP contribution in [0.5, 0.6) is 5.75 Å². The maximum atomic E-state index is 11.6. The van der Waals surface area contributed by atoms with E-state index in [0.717, 1.165) is 10.8 Å². The molecular weight excluding hydrogens is 358 g/mol. The summed E-state index contributed by atoms with van der Waals surface area (Å²) >= 11 is 5.87. The Morgan fingerprint density at radius 2 is 1.96 bits per heavy atom. The quantitative estimate of drug-likeness (QED) is 0.578. The zero-order chi connectivity index (χ0) is 18.8. The van der Waals surface area contributed by atoms with Gasteiger partial charge in [-0.25, -0.2) is 9.78 Å². The molecule has 7 heteroatoms. The van der Waals surface area contributed by atoms with E-state index in [1.165, 1.54) is 0 Å². The number of carbonyl (C=O) groups is 1. The lowest BCUT2D eigenvalue weighted by Crippen LogP contribution is -2.47. The highest BCUT2D eigenvalue weighted by Gasteiger charge is 2.41. The Labute approximate surface area is 154 Å². The van der Waals surface area contributed by atoms with Crippen molar-refractivity contribution in [2.45, 2.75) is 45.0 Å². The van der Waals surface area contributed by atoms with Gasteiger partial charge in [-0.1, -0.05) is 38.4 Å². The second kappa shape index (κ2) is 7.31. The molecular formula is C18H24ClNO4Si. The van der Waals surface area contributed by atoms with Crippen molar-refractivity contribution in [3.05, 3.63) is 35.6 Å². The number of carboxylic acid groups (broad SMARTS) is 1. The molecule has 1 aromatic carbocycles. The highest BCUT2D eigenvalue weighted by molar-refractivity contribution is 6.74. The zero-order valence-corrected chi connectivity index (χ0v) is 16.9. The summed E-state index contributed by atoms with van der Waals surface area (Å²) in [5.41, 5.74) is 0. The van der Waals surface area contributed by atoms with Crippen LogP contribution < -0.4 is 4.74 Å². The van der Waals surface area contributed by atoms with Gasteiger partial charge in [0.1, 0.15) is 17.5 Å².